The van der Waals surface area contributed by atoms with Crippen molar-refractivity contribution < 1.29 is 0 Å². The van der Waals surface area contributed by atoms with Gasteiger partial charge in [-0.25, -0.2) is 15.0 Å². The van der Waals surface area contributed by atoms with Crippen molar-refractivity contribution in [3.05, 3.63) is 164 Å². The van der Waals surface area contributed by atoms with Crippen LogP contribution >= 0.6 is 11.3 Å². The Labute approximate surface area is 276 Å². The molecule has 2 aromatic heterocycles. The molecule has 7 aromatic carbocycles. The first kappa shape index (κ1) is 27.3. The van der Waals surface area contributed by atoms with Crippen LogP contribution in [0.1, 0.15) is 0 Å². The smallest absolute Gasteiger partial charge is 0.160 e. The third-order valence-electron chi connectivity index (χ3n) is 8.72. The molecule has 0 aliphatic heterocycles. The summed E-state index contributed by atoms with van der Waals surface area (Å²) < 4.78 is 1.21. The van der Waals surface area contributed by atoms with E-state index in [2.05, 4.69) is 121 Å². The van der Waals surface area contributed by atoms with Crippen LogP contribution in [-0.2, 0) is 0 Å². The van der Waals surface area contributed by atoms with Crippen LogP contribution in [0.25, 0.3) is 87.4 Å². The van der Waals surface area contributed by atoms with E-state index >= 15 is 0 Å². The van der Waals surface area contributed by atoms with E-state index in [-0.39, 0.29) is 0 Å². The van der Waals surface area contributed by atoms with Crippen molar-refractivity contribution in [1.82, 2.24) is 15.0 Å². The molecule has 0 aliphatic carbocycles. The van der Waals surface area contributed by atoms with Gasteiger partial charge in [-0.05, 0) is 45.5 Å². The third-order valence-corrected chi connectivity index (χ3v) is 9.79. The van der Waals surface area contributed by atoms with Crippen molar-refractivity contribution in [3.63, 3.8) is 0 Å². The molecule has 0 unspecified atom stereocenters. The van der Waals surface area contributed by atoms with Gasteiger partial charge in [0, 0.05) is 27.6 Å². The van der Waals surface area contributed by atoms with E-state index in [0.29, 0.717) is 5.82 Å². The molecule has 220 valence electrons. The maximum absolute atomic E-state index is 5.14. The molecule has 0 radical (unpaired) electrons. The number of hydrogen-bond acceptors (Lipinski definition) is 4. The monoisotopic (exact) mass is 617 g/mol. The zero-order valence-electron chi connectivity index (χ0n) is 25.3. The molecule has 0 N–H and O–H groups in total. The van der Waals surface area contributed by atoms with Gasteiger partial charge in [-0.3, -0.25) is 0 Å². The average Bonchev–Trinajstić information content (AvgIpc) is 3.60. The van der Waals surface area contributed by atoms with Crippen molar-refractivity contribution in [2.45, 2.75) is 0 Å². The molecule has 0 saturated carbocycles. The summed E-state index contributed by atoms with van der Waals surface area (Å²) in [5.41, 5.74) is 9.48. The van der Waals surface area contributed by atoms with Crippen LogP contribution in [0.5, 0.6) is 0 Å². The Kier molecular flexibility index (Phi) is 6.65. The van der Waals surface area contributed by atoms with E-state index in [1.807, 2.05) is 42.5 Å². The van der Waals surface area contributed by atoms with Gasteiger partial charge in [-0.1, -0.05) is 146 Å². The molecular weight excluding hydrogens is 591 g/mol. The fourth-order valence-electron chi connectivity index (χ4n) is 6.32. The average molecular weight is 618 g/mol. The van der Waals surface area contributed by atoms with Crippen LogP contribution in [-0.4, -0.2) is 15.0 Å². The van der Waals surface area contributed by atoms with Crippen LogP contribution in [0, 0.1) is 0 Å². The van der Waals surface area contributed by atoms with Crippen LogP contribution < -0.4 is 0 Å². The number of benzene rings is 7. The number of rotatable bonds is 5. The molecule has 0 spiro atoms. The zero-order chi connectivity index (χ0) is 31.2. The molecule has 47 heavy (non-hydrogen) atoms. The number of hydrogen-bond donors (Lipinski definition) is 0. The Morgan fingerprint density at radius 1 is 0.383 bits per heavy atom. The van der Waals surface area contributed by atoms with E-state index < -0.39 is 0 Å². The molecule has 4 heteroatoms. The van der Waals surface area contributed by atoms with Crippen LogP contribution in [0.4, 0.5) is 0 Å². The summed E-state index contributed by atoms with van der Waals surface area (Å²) in [6.45, 7) is 0. The third kappa shape index (κ3) is 5.05. The second kappa shape index (κ2) is 11.4. The van der Waals surface area contributed by atoms with Crippen molar-refractivity contribution >= 4 is 43.1 Å². The Hall–Kier alpha value is -5.97. The summed E-state index contributed by atoms with van der Waals surface area (Å²) in [4.78, 5) is 15.1. The summed E-state index contributed by atoms with van der Waals surface area (Å²) in [6.07, 6.45) is 0. The van der Waals surface area contributed by atoms with Gasteiger partial charge in [0.2, 0.25) is 0 Å². The highest BCUT2D eigenvalue weighted by molar-refractivity contribution is 7.21. The largest absolute Gasteiger partial charge is 0.235 e. The van der Waals surface area contributed by atoms with E-state index in [9.17, 15) is 0 Å². The molecule has 0 saturated heterocycles. The van der Waals surface area contributed by atoms with Gasteiger partial charge < -0.3 is 0 Å². The van der Waals surface area contributed by atoms with Gasteiger partial charge >= 0.3 is 0 Å². The molecule has 0 atom stereocenters. The SMILES string of the molecule is c1ccc(-c2cc(-c3ccccc3)nc(-c3ccc(-c4ccc5c(ccc6ccc7sc(-c8ccccc8)nc7c65)c4)cc3)n2)cc1. The number of thiazole rings is 1. The highest BCUT2D eigenvalue weighted by Gasteiger charge is 2.14. The Morgan fingerprint density at radius 3 is 1.60 bits per heavy atom. The van der Waals surface area contributed by atoms with E-state index in [1.54, 1.807) is 11.3 Å². The second-order valence-corrected chi connectivity index (χ2v) is 12.7. The van der Waals surface area contributed by atoms with Crippen molar-refractivity contribution in [2.24, 2.45) is 0 Å². The Morgan fingerprint density at radius 2 is 0.936 bits per heavy atom. The van der Waals surface area contributed by atoms with Gasteiger partial charge in [0.25, 0.3) is 0 Å². The first-order valence-corrected chi connectivity index (χ1v) is 16.5. The summed E-state index contributed by atoms with van der Waals surface area (Å²) in [5, 5.41) is 5.89. The van der Waals surface area contributed by atoms with E-state index in [0.717, 1.165) is 49.7 Å². The summed E-state index contributed by atoms with van der Waals surface area (Å²) in [5.74, 6) is 0.712. The Balaban J connectivity index is 1.10. The Bertz CT molecular complexity index is 2480. The molecule has 9 aromatic rings. The minimum Gasteiger partial charge on any atom is -0.235 e. The van der Waals surface area contributed by atoms with Crippen molar-refractivity contribution in [3.8, 4) is 55.6 Å². The molecule has 0 amide bonds. The first-order valence-electron chi connectivity index (χ1n) is 15.7. The quantitative estimate of drug-likeness (QED) is 0.180. The summed E-state index contributed by atoms with van der Waals surface area (Å²) in [7, 11) is 0. The molecule has 0 bridgehead atoms. The van der Waals surface area contributed by atoms with Crippen molar-refractivity contribution in [1.29, 1.82) is 0 Å². The van der Waals surface area contributed by atoms with Gasteiger partial charge in [0.15, 0.2) is 5.82 Å². The lowest BCUT2D eigenvalue weighted by Gasteiger charge is -2.11. The number of aromatic nitrogens is 3. The normalized spacial score (nSPS) is 11.4. The molecule has 3 nitrogen and oxygen atoms in total. The standard InChI is InChI=1S/C43H27N3S/c1-4-10-29(11-5-1)37-27-38(30-12-6-2-7-13-30)45-42(44-37)32-19-16-28(17-20-32)34-22-24-36-35(26-34)21-18-31-23-25-39-41(40(31)36)46-43(47-39)33-14-8-3-9-15-33/h1-27H. The second-order valence-electron chi connectivity index (χ2n) is 11.7. The minimum atomic E-state index is 0.712. The van der Waals surface area contributed by atoms with Gasteiger partial charge in [-0.15, -0.1) is 11.3 Å². The predicted molar refractivity (Wildman–Crippen MR) is 197 cm³/mol. The van der Waals surface area contributed by atoms with Crippen LogP contribution in [0.3, 0.4) is 0 Å². The highest BCUT2D eigenvalue weighted by Crippen LogP contribution is 2.38. The van der Waals surface area contributed by atoms with Gasteiger partial charge in [-0.2, -0.15) is 0 Å². The fourth-order valence-corrected chi connectivity index (χ4v) is 7.30. The van der Waals surface area contributed by atoms with Crippen molar-refractivity contribution in [2.75, 3.05) is 0 Å². The van der Waals surface area contributed by atoms with E-state index in [1.165, 1.54) is 31.8 Å². The minimum absolute atomic E-state index is 0.712. The van der Waals surface area contributed by atoms with E-state index in [4.69, 9.17) is 15.0 Å². The molecule has 0 aliphatic rings. The highest BCUT2D eigenvalue weighted by atomic mass is 32.1. The van der Waals surface area contributed by atoms with Crippen LogP contribution in [0.15, 0.2) is 164 Å². The first-order chi connectivity index (χ1) is 23.3. The molecule has 9 rings (SSSR count). The zero-order valence-corrected chi connectivity index (χ0v) is 26.2. The van der Waals surface area contributed by atoms with Gasteiger partial charge in [0.1, 0.15) is 5.01 Å². The summed E-state index contributed by atoms with van der Waals surface area (Å²) in [6, 6.07) is 57.3. The topological polar surface area (TPSA) is 38.7 Å². The number of nitrogens with zero attached hydrogens (tertiary/aromatic N) is 3. The summed E-state index contributed by atoms with van der Waals surface area (Å²) >= 11 is 1.75. The maximum atomic E-state index is 5.14. The lowest BCUT2D eigenvalue weighted by molar-refractivity contribution is 1.18. The fraction of sp³-hybridized carbons (Fsp3) is 0. The molecular formula is C43H27N3S. The molecule has 0 fully saturated rings. The maximum Gasteiger partial charge on any atom is 0.160 e. The van der Waals surface area contributed by atoms with Gasteiger partial charge in [0.05, 0.1) is 21.6 Å². The lowest BCUT2D eigenvalue weighted by Crippen LogP contribution is -1.95. The number of fused-ring (bicyclic) bond motifs is 5. The lowest BCUT2D eigenvalue weighted by atomic mass is 9.96. The van der Waals surface area contributed by atoms with Crippen LogP contribution in [0.2, 0.25) is 0 Å². The molecule has 2 heterocycles. The predicted octanol–water partition coefficient (Wildman–Crippen LogP) is 11.7.